The summed E-state index contributed by atoms with van der Waals surface area (Å²) in [5.74, 6) is -1.25. The van der Waals surface area contributed by atoms with Gasteiger partial charge in [-0.1, -0.05) is 19.9 Å². The lowest BCUT2D eigenvalue weighted by molar-refractivity contribution is -0.147. The van der Waals surface area contributed by atoms with E-state index >= 15 is 0 Å². The Morgan fingerprint density at radius 2 is 1.62 bits per heavy atom. The first-order valence-electron chi connectivity index (χ1n) is 7.23. The first-order chi connectivity index (χ1) is 10.6. The Morgan fingerprint density at radius 1 is 1.12 bits per heavy atom. The molecule has 0 aliphatic carbocycles. The number of alkyl halides is 3. The summed E-state index contributed by atoms with van der Waals surface area (Å²) in [6.45, 7) is 6.32. The molecule has 1 aromatic rings. The average Bonchev–Trinajstić information content (AvgIpc) is 2.34. The van der Waals surface area contributed by atoms with Crippen LogP contribution in [0.3, 0.4) is 0 Å². The molecule has 0 saturated heterocycles. The maximum atomic E-state index is 14.7. The minimum atomic E-state index is -4.79. The average molecular weight is 371 g/mol. The third-order valence-corrected chi connectivity index (χ3v) is 5.06. The molecular formula is C15H21F4NO3S. The summed E-state index contributed by atoms with van der Waals surface area (Å²) < 4.78 is 78.7. The van der Waals surface area contributed by atoms with E-state index in [0.29, 0.717) is 6.92 Å². The molecule has 0 unspecified atom stereocenters. The van der Waals surface area contributed by atoms with Crippen LogP contribution in [0.1, 0.15) is 51.7 Å². The Balaban J connectivity index is 3.57. The normalized spacial score (nSPS) is 15.0. The second kappa shape index (κ2) is 6.61. The van der Waals surface area contributed by atoms with Crippen molar-refractivity contribution in [3.63, 3.8) is 0 Å². The van der Waals surface area contributed by atoms with E-state index in [-0.39, 0.29) is 11.5 Å². The predicted octanol–water partition coefficient (Wildman–Crippen LogP) is 3.41. The van der Waals surface area contributed by atoms with Crippen molar-refractivity contribution in [2.24, 2.45) is 0 Å². The monoisotopic (exact) mass is 371 g/mol. The molecule has 0 amide bonds. The predicted molar refractivity (Wildman–Crippen MR) is 81.6 cm³/mol. The Bertz CT molecular complexity index is 707. The molecule has 0 heterocycles. The molecular weight excluding hydrogens is 350 g/mol. The Hall–Kier alpha value is -1.19. The van der Waals surface area contributed by atoms with E-state index in [0.717, 1.165) is 6.07 Å². The summed E-state index contributed by atoms with van der Waals surface area (Å²) in [4.78, 5) is -0.715. The van der Waals surface area contributed by atoms with Gasteiger partial charge in [0.1, 0.15) is 11.9 Å². The first-order valence-corrected chi connectivity index (χ1v) is 8.71. The fraction of sp³-hybridized carbons (Fsp3) is 0.600. The van der Waals surface area contributed by atoms with Gasteiger partial charge in [0.15, 0.2) is 0 Å². The summed E-state index contributed by atoms with van der Waals surface area (Å²) in [7, 11) is -4.69. The number of hydrogen-bond donors (Lipinski definition) is 2. The summed E-state index contributed by atoms with van der Waals surface area (Å²) in [6.07, 6.45) is -4.79. The number of hydrogen-bond acceptors (Lipinski definition) is 3. The molecule has 0 radical (unpaired) electrons. The topological polar surface area (TPSA) is 66.4 Å². The van der Waals surface area contributed by atoms with Gasteiger partial charge in [-0.15, -0.1) is 0 Å². The highest BCUT2D eigenvalue weighted by molar-refractivity contribution is 7.89. The highest BCUT2D eigenvalue weighted by atomic mass is 32.2. The van der Waals surface area contributed by atoms with E-state index in [1.165, 1.54) is 24.6 Å². The molecule has 9 heteroatoms. The minimum Gasteiger partial charge on any atom is -0.386 e. The smallest absolute Gasteiger partial charge is 0.386 e. The Labute approximate surface area is 138 Å². The van der Waals surface area contributed by atoms with E-state index in [1.54, 1.807) is 13.8 Å². The second-order valence-corrected chi connectivity index (χ2v) is 8.12. The molecule has 0 fully saturated rings. The van der Waals surface area contributed by atoms with Gasteiger partial charge in [0.2, 0.25) is 10.0 Å². The van der Waals surface area contributed by atoms with Crippen LogP contribution in [0.5, 0.6) is 0 Å². The highest BCUT2D eigenvalue weighted by Gasteiger charge is 2.40. The van der Waals surface area contributed by atoms with Crippen LogP contribution in [0, 0.1) is 5.82 Å². The molecule has 138 valence electrons. The van der Waals surface area contributed by atoms with Crippen LogP contribution in [0.4, 0.5) is 17.6 Å². The summed E-state index contributed by atoms with van der Waals surface area (Å²) >= 11 is 0. The number of benzene rings is 1. The molecule has 0 aliphatic heterocycles. The van der Waals surface area contributed by atoms with Crippen LogP contribution in [0.2, 0.25) is 0 Å². The molecule has 0 saturated carbocycles. The molecule has 0 bridgehead atoms. The lowest BCUT2D eigenvalue weighted by Gasteiger charge is -2.25. The van der Waals surface area contributed by atoms with E-state index in [2.05, 4.69) is 0 Å². The SMILES string of the molecule is CC(C)c1ccc(S(=O)(=O)N[C@@H](C)C(F)(F)F)c(C(C)(C)O)c1F. The van der Waals surface area contributed by atoms with Gasteiger partial charge in [-0.3, -0.25) is 0 Å². The van der Waals surface area contributed by atoms with Crippen LogP contribution < -0.4 is 4.72 Å². The zero-order valence-electron chi connectivity index (χ0n) is 14.0. The van der Waals surface area contributed by atoms with Crippen LogP contribution in [0.25, 0.3) is 0 Å². The lowest BCUT2D eigenvalue weighted by atomic mass is 9.92. The van der Waals surface area contributed by atoms with Crippen LogP contribution in [0.15, 0.2) is 17.0 Å². The van der Waals surface area contributed by atoms with Crippen molar-refractivity contribution in [3.8, 4) is 0 Å². The van der Waals surface area contributed by atoms with Gasteiger partial charge in [-0.05, 0) is 38.3 Å². The number of nitrogens with one attached hydrogen (secondary N) is 1. The maximum absolute atomic E-state index is 14.7. The number of sulfonamides is 1. The standard InChI is InChI=1S/C15H21F4NO3S/c1-8(2)10-6-7-11(12(13(10)16)14(4,5)21)24(22,23)20-9(3)15(17,18)19/h6-9,20-21H,1-5H3/t9-/m0/s1. The number of aliphatic hydroxyl groups is 1. The van der Waals surface area contributed by atoms with Gasteiger partial charge >= 0.3 is 6.18 Å². The van der Waals surface area contributed by atoms with E-state index in [9.17, 15) is 31.1 Å². The van der Waals surface area contributed by atoms with Crippen LogP contribution in [-0.4, -0.2) is 25.7 Å². The summed E-state index contributed by atoms with van der Waals surface area (Å²) in [5.41, 5.74) is -2.30. The van der Waals surface area contributed by atoms with E-state index < -0.39 is 44.1 Å². The van der Waals surface area contributed by atoms with Crippen molar-refractivity contribution < 1.29 is 31.1 Å². The molecule has 0 spiro atoms. The van der Waals surface area contributed by atoms with Gasteiger partial charge in [0, 0.05) is 5.56 Å². The van der Waals surface area contributed by atoms with Gasteiger partial charge in [-0.2, -0.15) is 17.9 Å². The summed E-state index contributed by atoms with van der Waals surface area (Å²) in [5, 5.41) is 10.2. The maximum Gasteiger partial charge on any atom is 0.404 e. The number of halogens is 4. The van der Waals surface area contributed by atoms with Crippen molar-refractivity contribution in [3.05, 3.63) is 29.1 Å². The lowest BCUT2D eigenvalue weighted by Crippen LogP contribution is -2.43. The zero-order chi connectivity index (χ0) is 19.1. The largest absolute Gasteiger partial charge is 0.404 e. The molecule has 1 aromatic carbocycles. The molecule has 24 heavy (non-hydrogen) atoms. The molecule has 2 N–H and O–H groups in total. The third-order valence-electron chi connectivity index (χ3n) is 3.48. The fourth-order valence-electron chi connectivity index (χ4n) is 2.18. The van der Waals surface area contributed by atoms with Crippen LogP contribution in [-0.2, 0) is 15.6 Å². The molecule has 1 atom stereocenters. The van der Waals surface area contributed by atoms with Crippen molar-refractivity contribution in [1.29, 1.82) is 0 Å². The molecule has 0 aromatic heterocycles. The van der Waals surface area contributed by atoms with Gasteiger partial charge in [-0.25, -0.2) is 12.8 Å². The second-order valence-electron chi connectivity index (χ2n) is 6.44. The third kappa shape index (κ3) is 4.46. The zero-order valence-corrected chi connectivity index (χ0v) is 14.8. The highest BCUT2D eigenvalue weighted by Crippen LogP contribution is 2.34. The number of rotatable bonds is 5. The van der Waals surface area contributed by atoms with Gasteiger partial charge < -0.3 is 5.11 Å². The van der Waals surface area contributed by atoms with Crippen molar-refractivity contribution >= 4 is 10.0 Å². The quantitative estimate of drug-likeness (QED) is 0.780. The van der Waals surface area contributed by atoms with E-state index in [4.69, 9.17) is 0 Å². The van der Waals surface area contributed by atoms with Crippen molar-refractivity contribution in [2.45, 2.75) is 63.3 Å². The van der Waals surface area contributed by atoms with Gasteiger partial charge in [0.05, 0.1) is 10.5 Å². The molecule has 4 nitrogen and oxygen atoms in total. The summed E-state index contributed by atoms with van der Waals surface area (Å²) in [6, 6.07) is -0.149. The van der Waals surface area contributed by atoms with E-state index in [1.807, 2.05) is 0 Å². The first kappa shape index (κ1) is 20.9. The fourth-order valence-corrected chi connectivity index (χ4v) is 3.76. The van der Waals surface area contributed by atoms with Crippen molar-refractivity contribution in [1.82, 2.24) is 4.72 Å². The van der Waals surface area contributed by atoms with Crippen LogP contribution >= 0.6 is 0 Å². The Kier molecular flexibility index (Phi) is 5.74. The van der Waals surface area contributed by atoms with Gasteiger partial charge in [0.25, 0.3) is 0 Å². The Morgan fingerprint density at radius 3 is 2.00 bits per heavy atom. The van der Waals surface area contributed by atoms with Crippen molar-refractivity contribution in [2.75, 3.05) is 0 Å². The molecule has 0 aliphatic rings. The molecule has 1 rings (SSSR count). The minimum absolute atomic E-state index is 0.162.